The maximum atomic E-state index is 3.62. The molecule has 0 fully saturated rings. The number of hydrogen-bond acceptors (Lipinski definition) is 2. The Bertz CT molecular complexity index is 484. The second kappa shape index (κ2) is 8.43. The van der Waals surface area contributed by atoms with Crippen molar-refractivity contribution < 1.29 is 0 Å². The minimum atomic E-state index is 1.27. The molecule has 0 bridgehead atoms. The Hall–Kier alpha value is 0.140. The molecule has 0 saturated carbocycles. The third kappa shape index (κ3) is 4.57. The number of fused-ring (bicyclic) bond motifs is 1. The third-order valence-corrected chi connectivity index (χ3v) is 7.05. The summed E-state index contributed by atoms with van der Waals surface area (Å²) >= 11 is 7.40. The van der Waals surface area contributed by atoms with Gasteiger partial charge in [-0.3, -0.25) is 0 Å². The lowest BCUT2D eigenvalue weighted by atomic mass is 10.1. The number of thiophene rings is 2. The van der Waals surface area contributed by atoms with Gasteiger partial charge in [-0.25, -0.2) is 0 Å². The highest BCUT2D eigenvalue weighted by Crippen LogP contribution is 2.38. The zero-order valence-electron chi connectivity index (χ0n) is 11.7. The number of rotatable bonds is 9. The Morgan fingerprint density at radius 2 is 1.47 bits per heavy atom. The zero-order valence-corrected chi connectivity index (χ0v) is 14.9. The second-order valence-electron chi connectivity index (χ2n) is 5.23. The van der Waals surface area contributed by atoms with Crippen molar-refractivity contribution in [2.75, 3.05) is 0 Å². The average molecular weight is 359 g/mol. The molecule has 0 aliphatic rings. The number of hydrogen-bond donors (Lipinski definition) is 0. The molecule has 0 atom stereocenters. The molecule has 0 N–H and O–H groups in total. The van der Waals surface area contributed by atoms with E-state index in [1.807, 2.05) is 22.7 Å². The lowest BCUT2D eigenvalue weighted by Crippen LogP contribution is -1.84. The van der Waals surface area contributed by atoms with Gasteiger partial charge in [0.25, 0.3) is 0 Å². The summed E-state index contributed by atoms with van der Waals surface area (Å²) in [6.07, 6.45) is 12.5. The molecular weight excluding hydrogens is 336 g/mol. The van der Waals surface area contributed by atoms with E-state index in [4.69, 9.17) is 0 Å². The molecule has 0 aliphatic carbocycles. The zero-order chi connectivity index (χ0) is 13.5. The van der Waals surface area contributed by atoms with Crippen LogP contribution in [0.15, 0.2) is 15.2 Å². The van der Waals surface area contributed by atoms with E-state index in [9.17, 15) is 0 Å². The maximum absolute atomic E-state index is 3.62. The predicted octanol–water partition coefficient (Wildman–Crippen LogP) is 7.41. The van der Waals surface area contributed by atoms with Gasteiger partial charge in [-0.1, -0.05) is 51.9 Å². The molecule has 0 spiro atoms. The van der Waals surface area contributed by atoms with E-state index in [2.05, 4.69) is 33.6 Å². The molecule has 2 rings (SSSR count). The molecule has 0 unspecified atom stereocenters. The fourth-order valence-corrected chi connectivity index (χ4v) is 5.56. The molecule has 0 amide bonds. The monoisotopic (exact) mass is 358 g/mol. The number of halogens is 1. The standard InChI is InChI=1S/C16H23BrS2/c1-2-3-4-5-6-7-8-9-10-13-11-18-16-14(17)12-19-15(13)16/h11-12H,2-10H2,1H3. The van der Waals surface area contributed by atoms with E-state index in [1.165, 1.54) is 71.7 Å². The molecule has 0 aliphatic heterocycles. The first-order chi connectivity index (χ1) is 9.33. The highest BCUT2D eigenvalue weighted by Gasteiger charge is 2.08. The first kappa shape index (κ1) is 15.5. The van der Waals surface area contributed by atoms with Gasteiger partial charge in [-0.2, -0.15) is 0 Å². The van der Waals surface area contributed by atoms with Crippen LogP contribution in [0.3, 0.4) is 0 Å². The first-order valence-electron chi connectivity index (χ1n) is 7.46. The van der Waals surface area contributed by atoms with Crippen molar-refractivity contribution >= 4 is 48.0 Å². The van der Waals surface area contributed by atoms with Crippen molar-refractivity contribution in [2.45, 2.75) is 64.7 Å². The van der Waals surface area contributed by atoms with E-state index >= 15 is 0 Å². The van der Waals surface area contributed by atoms with Crippen molar-refractivity contribution in [2.24, 2.45) is 0 Å². The minimum Gasteiger partial charge on any atom is -0.141 e. The normalized spacial score (nSPS) is 11.5. The minimum absolute atomic E-state index is 1.27. The molecule has 2 aromatic rings. The molecule has 3 heteroatoms. The van der Waals surface area contributed by atoms with Gasteiger partial charge in [0.15, 0.2) is 0 Å². The molecule has 0 aromatic carbocycles. The van der Waals surface area contributed by atoms with Crippen LogP contribution in [0.5, 0.6) is 0 Å². The largest absolute Gasteiger partial charge is 0.141 e. The van der Waals surface area contributed by atoms with E-state index < -0.39 is 0 Å². The highest BCUT2D eigenvalue weighted by molar-refractivity contribution is 9.10. The summed E-state index contributed by atoms with van der Waals surface area (Å²) in [5.41, 5.74) is 1.57. The summed E-state index contributed by atoms with van der Waals surface area (Å²) in [6, 6.07) is 0. The Kier molecular flexibility index (Phi) is 6.89. The summed E-state index contributed by atoms with van der Waals surface area (Å²) in [6.45, 7) is 2.28. The van der Waals surface area contributed by atoms with Crippen molar-refractivity contribution in [3.63, 3.8) is 0 Å². The van der Waals surface area contributed by atoms with Crippen molar-refractivity contribution in [1.29, 1.82) is 0 Å². The summed E-state index contributed by atoms with van der Waals surface area (Å²) in [5.74, 6) is 0. The summed E-state index contributed by atoms with van der Waals surface area (Å²) < 4.78 is 4.24. The van der Waals surface area contributed by atoms with Gasteiger partial charge in [0.2, 0.25) is 0 Å². The van der Waals surface area contributed by atoms with Crippen LogP contribution in [0.4, 0.5) is 0 Å². The summed E-state index contributed by atoms with van der Waals surface area (Å²) in [5, 5.41) is 4.57. The predicted molar refractivity (Wildman–Crippen MR) is 93.7 cm³/mol. The van der Waals surface area contributed by atoms with Gasteiger partial charge in [0.05, 0.1) is 4.70 Å². The second-order valence-corrected chi connectivity index (χ2v) is 7.84. The molecule has 0 radical (unpaired) electrons. The average Bonchev–Trinajstić information content (AvgIpc) is 2.97. The van der Waals surface area contributed by atoms with Crippen LogP contribution in [-0.2, 0) is 6.42 Å². The van der Waals surface area contributed by atoms with Gasteiger partial charge < -0.3 is 0 Å². The van der Waals surface area contributed by atoms with Crippen LogP contribution in [-0.4, -0.2) is 0 Å². The van der Waals surface area contributed by atoms with Gasteiger partial charge in [0.1, 0.15) is 0 Å². The Morgan fingerprint density at radius 1 is 0.842 bits per heavy atom. The summed E-state index contributed by atoms with van der Waals surface area (Å²) in [4.78, 5) is 0. The fraction of sp³-hybridized carbons (Fsp3) is 0.625. The van der Waals surface area contributed by atoms with E-state index in [-0.39, 0.29) is 0 Å². The molecule has 2 aromatic heterocycles. The maximum Gasteiger partial charge on any atom is 0.0595 e. The number of unbranched alkanes of at least 4 members (excludes halogenated alkanes) is 7. The molecule has 2 heterocycles. The topological polar surface area (TPSA) is 0 Å². The highest BCUT2D eigenvalue weighted by atomic mass is 79.9. The Balaban J connectivity index is 1.63. The van der Waals surface area contributed by atoms with Crippen LogP contribution < -0.4 is 0 Å². The van der Waals surface area contributed by atoms with Crippen molar-refractivity contribution in [3.8, 4) is 0 Å². The van der Waals surface area contributed by atoms with Gasteiger partial charge in [-0.15, -0.1) is 22.7 Å². The quantitative estimate of drug-likeness (QED) is 0.409. The van der Waals surface area contributed by atoms with Crippen LogP contribution in [0.2, 0.25) is 0 Å². The van der Waals surface area contributed by atoms with Gasteiger partial charge in [-0.05, 0) is 39.7 Å². The van der Waals surface area contributed by atoms with E-state index in [0.29, 0.717) is 0 Å². The van der Waals surface area contributed by atoms with E-state index in [1.54, 1.807) is 5.56 Å². The Morgan fingerprint density at radius 3 is 2.21 bits per heavy atom. The summed E-state index contributed by atoms with van der Waals surface area (Å²) in [7, 11) is 0. The fourth-order valence-electron chi connectivity index (χ4n) is 2.46. The lowest BCUT2D eigenvalue weighted by Gasteiger charge is -2.01. The van der Waals surface area contributed by atoms with E-state index in [0.717, 1.165) is 0 Å². The van der Waals surface area contributed by atoms with Crippen LogP contribution in [0, 0.1) is 0 Å². The van der Waals surface area contributed by atoms with Crippen molar-refractivity contribution in [3.05, 3.63) is 20.8 Å². The van der Waals surface area contributed by atoms with Crippen LogP contribution in [0.1, 0.15) is 63.9 Å². The SMILES string of the molecule is CCCCCCCCCCc1csc2c(Br)csc12. The lowest BCUT2D eigenvalue weighted by molar-refractivity contribution is 0.576. The Labute approximate surface area is 133 Å². The van der Waals surface area contributed by atoms with Crippen molar-refractivity contribution in [1.82, 2.24) is 0 Å². The molecular formula is C16H23BrS2. The first-order valence-corrected chi connectivity index (χ1v) is 10.0. The third-order valence-electron chi connectivity index (χ3n) is 3.61. The number of aryl methyl sites for hydroxylation is 1. The van der Waals surface area contributed by atoms with Crippen LogP contribution >= 0.6 is 38.6 Å². The molecule has 0 saturated heterocycles. The molecule has 0 nitrogen and oxygen atoms in total. The van der Waals surface area contributed by atoms with Gasteiger partial charge >= 0.3 is 0 Å². The smallest absolute Gasteiger partial charge is 0.0595 e. The van der Waals surface area contributed by atoms with Crippen LogP contribution in [0.25, 0.3) is 9.40 Å². The van der Waals surface area contributed by atoms with Gasteiger partial charge in [0, 0.05) is 14.6 Å². The molecule has 106 valence electrons. The molecule has 19 heavy (non-hydrogen) atoms.